The normalized spacial score (nSPS) is 11.4. The highest BCUT2D eigenvalue weighted by Crippen LogP contribution is 2.33. The molecule has 0 aliphatic carbocycles. The van der Waals surface area contributed by atoms with E-state index >= 15 is 0 Å². The van der Waals surface area contributed by atoms with Gasteiger partial charge in [-0.05, 0) is 73.1 Å². The highest BCUT2D eigenvalue weighted by atomic mass is 14.1. The predicted molar refractivity (Wildman–Crippen MR) is 147 cm³/mol. The largest absolute Gasteiger partial charge is 0.0629 e. The molecule has 0 radical (unpaired) electrons. The molecule has 0 saturated carbocycles. The summed E-state index contributed by atoms with van der Waals surface area (Å²) in [5.41, 5.74) is 6.54. The van der Waals surface area contributed by atoms with Gasteiger partial charge >= 0.3 is 0 Å². The topological polar surface area (TPSA) is 0 Å². The average Bonchev–Trinajstić information content (AvgIpc) is 2.91. The molecular formula is C34H24. The maximum absolute atomic E-state index is 8.91. The molecule has 0 heterocycles. The number of benzene rings is 6. The van der Waals surface area contributed by atoms with E-state index in [4.69, 9.17) is 1.37 Å². The lowest BCUT2D eigenvalue weighted by Gasteiger charge is -2.11. The van der Waals surface area contributed by atoms with Crippen LogP contribution >= 0.6 is 0 Å². The second kappa shape index (κ2) is 8.84. The smallest absolute Gasteiger partial charge is 0.0622 e. The van der Waals surface area contributed by atoms with Gasteiger partial charge in [0.15, 0.2) is 0 Å². The Labute approximate surface area is 201 Å². The van der Waals surface area contributed by atoms with Crippen LogP contribution < -0.4 is 0 Å². The lowest BCUT2D eigenvalue weighted by molar-refractivity contribution is 1.55. The fourth-order valence-electron chi connectivity index (χ4n) is 4.63. The van der Waals surface area contributed by atoms with Crippen LogP contribution in [-0.2, 0) is 0 Å². The number of hydrogen-bond donors (Lipinski definition) is 0. The van der Waals surface area contributed by atoms with E-state index < -0.39 is 0 Å². The number of fused-ring (bicyclic) bond motifs is 2. The molecule has 34 heavy (non-hydrogen) atoms. The zero-order valence-electron chi connectivity index (χ0n) is 19.8. The Hall–Kier alpha value is -4.42. The van der Waals surface area contributed by atoms with Gasteiger partial charge in [-0.2, -0.15) is 0 Å². The minimum Gasteiger partial charge on any atom is -0.0622 e. The second-order valence-electron chi connectivity index (χ2n) is 8.55. The molecule has 0 atom stereocenters. The molecule has 0 aliphatic rings. The molecule has 6 aromatic carbocycles. The molecule has 0 heteroatoms. The lowest BCUT2D eigenvalue weighted by Crippen LogP contribution is -1.88. The van der Waals surface area contributed by atoms with Crippen molar-refractivity contribution in [2.24, 2.45) is 0 Å². The molecule has 0 N–H and O–H groups in total. The molecule has 0 spiro atoms. The van der Waals surface area contributed by atoms with Crippen molar-refractivity contribution in [1.82, 2.24) is 0 Å². The average molecular weight is 434 g/mol. The predicted octanol–water partition coefficient (Wildman–Crippen LogP) is 9.25. The first-order chi connectivity index (χ1) is 17.3. The van der Waals surface area contributed by atoms with Crippen LogP contribution in [0.15, 0.2) is 140 Å². The Morgan fingerprint density at radius 2 is 1.15 bits per heavy atom. The summed E-state index contributed by atoms with van der Waals surface area (Å²) in [6, 6.07) is 46.9. The van der Waals surface area contributed by atoms with E-state index in [0.717, 1.165) is 33.4 Å². The van der Waals surface area contributed by atoms with Gasteiger partial charge in [-0.25, -0.2) is 0 Å². The highest BCUT2D eigenvalue weighted by molar-refractivity contribution is 6.05. The van der Waals surface area contributed by atoms with Gasteiger partial charge in [0, 0.05) is 0 Å². The van der Waals surface area contributed by atoms with E-state index in [9.17, 15) is 0 Å². The van der Waals surface area contributed by atoms with E-state index in [0.29, 0.717) is 6.04 Å². The van der Waals surface area contributed by atoms with Crippen molar-refractivity contribution in [3.63, 3.8) is 0 Å². The lowest BCUT2D eigenvalue weighted by atomic mass is 9.93. The molecule has 0 fully saturated rings. The number of rotatable bonds is 4. The van der Waals surface area contributed by atoms with E-state index in [2.05, 4.69) is 121 Å². The van der Waals surface area contributed by atoms with Crippen LogP contribution in [0.4, 0.5) is 0 Å². The third kappa shape index (κ3) is 3.91. The van der Waals surface area contributed by atoms with Gasteiger partial charge in [0.2, 0.25) is 0 Å². The maximum atomic E-state index is 8.91. The van der Waals surface area contributed by atoms with Crippen molar-refractivity contribution in [1.29, 1.82) is 0 Å². The molecule has 0 bridgehead atoms. The Balaban J connectivity index is 1.47. The van der Waals surface area contributed by atoms with Gasteiger partial charge < -0.3 is 0 Å². The Bertz CT molecular complexity index is 1640. The first kappa shape index (κ1) is 19.1. The quantitative estimate of drug-likeness (QED) is 0.192. The van der Waals surface area contributed by atoms with Gasteiger partial charge in [-0.1, -0.05) is 127 Å². The van der Waals surface area contributed by atoms with Crippen molar-refractivity contribution in [2.75, 3.05) is 0 Å². The van der Waals surface area contributed by atoms with Crippen LogP contribution in [0.2, 0.25) is 0 Å². The summed E-state index contributed by atoms with van der Waals surface area (Å²) in [4.78, 5) is 0. The second-order valence-corrected chi connectivity index (χ2v) is 8.55. The van der Waals surface area contributed by atoms with Crippen LogP contribution in [-0.4, -0.2) is 0 Å². The fourth-order valence-corrected chi connectivity index (χ4v) is 4.63. The van der Waals surface area contributed by atoms with Gasteiger partial charge in [0.05, 0.1) is 1.37 Å². The van der Waals surface area contributed by atoms with Gasteiger partial charge in [0.1, 0.15) is 0 Å². The van der Waals surface area contributed by atoms with Crippen molar-refractivity contribution < 1.29 is 1.37 Å². The number of hydrogen-bond acceptors (Lipinski definition) is 0. The van der Waals surface area contributed by atoms with Crippen molar-refractivity contribution in [3.05, 3.63) is 156 Å². The summed E-state index contributed by atoms with van der Waals surface area (Å²) in [5.74, 6) is 0. The summed E-state index contributed by atoms with van der Waals surface area (Å²) in [6.45, 7) is 0. The monoisotopic (exact) mass is 433 g/mol. The van der Waals surface area contributed by atoms with E-state index in [1.54, 1.807) is 0 Å². The maximum Gasteiger partial charge on any atom is 0.0629 e. The first-order valence-corrected chi connectivity index (χ1v) is 11.6. The molecule has 0 saturated heterocycles. The summed E-state index contributed by atoms with van der Waals surface area (Å²) in [5, 5.41) is 4.82. The van der Waals surface area contributed by atoms with Crippen LogP contribution in [0.25, 0.3) is 44.3 Å². The molecule has 0 amide bonds. The molecule has 0 aliphatic heterocycles. The van der Waals surface area contributed by atoms with Crippen LogP contribution in [0, 0.1) is 0 Å². The fraction of sp³-hybridized carbons (Fsp3) is 0. The zero-order chi connectivity index (χ0) is 23.6. The van der Waals surface area contributed by atoms with Gasteiger partial charge in [0.25, 0.3) is 0 Å². The van der Waals surface area contributed by atoms with Gasteiger partial charge in [-0.3, -0.25) is 0 Å². The van der Waals surface area contributed by atoms with E-state index in [-0.39, 0.29) is 0 Å². The van der Waals surface area contributed by atoms with Crippen molar-refractivity contribution in [3.8, 4) is 11.1 Å². The molecular weight excluding hydrogens is 408 g/mol. The van der Waals surface area contributed by atoms with E-state index in [1.165, 1.54) is 21.5 Å². The summed E-state index contributed by atoms with van der Waals surface area (Å²) in [6.07, 6.45) is 2.18. The molecule has 160 valence electrons. The van der Waals surface area contributed by atoms with Crippen molar-refractivity contribution in [2.45, 2.75) is 0 Å². The first-order valence-electron chi connectivity index (χ1n) is 12.1. The highest BCUT2D eigenvalue weighted by Gasteiger charge is 2.07. The van der Waals surface area contributed by atoms with Gasteiger partial charge in [-0.15, -0.1) is 0 Å². The Kier molecular flexibility index (Phi) is 4.96. The minimum absolute atomic E-state index is 0.528. The standard InChI is InChI=1S/C34H24/c1-3-10-26(11-4-1)33(27-12-5-2-6-13-27)22-25-18-20-28(21-19-25)32-17-9-16-31-23-29-14-7-8-15-30(29)24-34(31)32/h1-24H/i20D. The third-order valence-corrected chi connectivity index (χ3v) is 6.35. The summed E-state index contributed by atoms with van der Waals surface area (Å²) < 4.78 is 8.91. The zero-order valence-corrected chi connectivity index (χ0v) is 18.8. The Morgan fingerprint density at radius 3 is 1.82 bits per heavy atom. The Morgan fingerprint density at radius 1 is 0.529 bits per heavy atom. The van der Waals surface area contributed by atoms with Crippen molar-refractivity contribution >= 4 is 33.2 Å². The van der Waals surface area contributed by atoms with Crippen LogP contribution in [0.5, 0.6) is 0 Å². The van der Waals surface area contributed by atoms with Crippen LogP contribution in [0.1, 0.15) is 18.1 Å². The molecule has 0 aromatic heterocycles. The van der Waals surface area contributed by atoms with Crippen LogP contribution in [0.3, 0.4) is 0 Å². The molecule has 0 nitrogen and oxygen atoms in total. The molecule has 0 unspecified atom stereocenters. The summed E-state index contributed by atoms with van der Waals surface area (Å²) >= 11 is 0. The third-order valence-electron chi connectivity index (χ3n) is 6.35. The van der Waals surface area contributed by atoms with E-state index in [1.807, 2.05) is 18.2 Å². The minimum atomic E-state index is 0.528. The SMILES string of the molecule is [2H]c1cc(C=C(c2ccccc2)c2ccccc2)ccc1-c1cccc2cc3ccccc3cc12. The molecule has 6 aromatic rings. The molecule has 6 rings (SSSR count). The summed E-state index contributed by atoms with van der Waals surface area (Å²) in [7, 11) is 0.